The maximum atomic E-state index is 3.72. The van der Waals surface area contributed by atoms with Crippen LogP contribution in [0, 0.1) is 0 Å². The van der Waals surface area contributed by atoms with Crippen molar-refractivity contribution in [3.63, 3.8) is 0 Å². The molecule has 2 unspecified atom stereocenters. The fourth-order valence-electron chi connectivity index (χ4n) is 2.46. The van der Waals surface area contributed by atoms with Crippen LogP contribution < -0.4 is 5.32 Å². The van der Waals surface area contributed by atoms with Crippen molar-refractivity contribution in [2.45, 2.75) is 50.4 Å². The van der Waals surface area contributed by atoms with Gasteiger partial charge in [-0.3, -0.25) is 0 Å². The third-order valence-corrected chi connectivity index (χ3v) is 4.64. The van der Waals surface area contributed by atoms with Crippen LogP contribution in [-0.2, 0) is 6.54 Å². The van der Waals surface area contributed by atoms with Gasteiger partial charge in [0.1, 0.15) is 0 Å². The van der Waals surface area contributed by atoms with E-state index in [1.165, 1.54) is 37.0 Å². The van der Waals surface area contributed by atoms with E-state index >= 15 is 0 Å². The van der Waals surface area contributed by atoms with Crippen LogP contribution in [0.5, 0.6) is 0 Å². The molecule has 0 aromatic carbocycles. The average Bonchev–Trinajstić information content (AvgIpc) is 2.81. The summed E-state index contributed by atoms with van der Waals surface area (Å²) in [4.78, 5) is 3.11. The predicted molar refractivity (Wildman–Crippen MR) is 71.8 cm³/mol. The molecule has 2 nitrogen and oxygen atoms in total. The van der Waals surface area contributed by atoms with Gasteiger partial charge >= 0.3 is 0 Å². The normalized spacial score (nSPS) is 25.8. The number of aromatic amines is 1. The number of thioether (sulfide) groups is 1. The highest BCUT2D eigenvalue weighted by molar-refractivity contribution is 7.99. The van der Waals surface area contributed by atoms with Crippen LogP contribution in [0.4, 0.5) is 0 Å². The summed E-state index contributed by atoms with van der Waals surface area (Å²) in [6.45, 7) is 3.28. The molecule has 1 heterocycles. The van der Waals surface area contributed by atoms with Gasteiger partial charge in [0.25, 0.3) is 0 Å². The summed E-state index contributed by atoms with van der Waals surface area (Å²) in [5.41, 5.74) is 1.37. The number of hydrogen-bond donors (Lipinski definition) is 2. The molecule has 2 rings (SSSR count). The first-order valence-corrected chi connectivity index (χ1v) is 7.41. The van der Waals surface area contributed by atoms with E-state index in [0.717, 1.165) is 11.8 Å². The maximum Gasteiger partial charge on any atom is 0.0223 e. The molecule has 0 spiro atoms. The second-order valence-corrected chi connectivity index (χ2v) is 6.00. The van der Waals surface area contributed by atoms with Crippen molar-refractivity contribution in [2.24, 2.45) is 0 Å². The molecule has 1 aromatic rings. The minimum Gasteiger partial charge on any atom is -0.367 e. The lowest BCUT2D eigenvalue weighted by atomic mass is 9.95. The van der Waals surface area contributed by atoms with Gasteiger partial charge in [-0.2, -0.15) is 11.8 Å². The topological polar surface area (TPSA) is 27.8 Å². The van der Waals surface area contributed by atoms with E-state index in [1.807, 2.05) is 6.20 Å². The van der Waals surface area contributed by atoms with Crippen LogP contribution in [-0.4, -0.2) is 22.0 Å². The first-order valence-electron chi connectivity index (χ1n) is 6.37. The zero-order valence-corrected chi connectivity index (χ0v) is 10.9. The Morgan fingerprint density at radius 3 is 3.06 bits per heavy atom. The molecular weight excluding hydrogens is 216 g/mol. The predicted octanol–water partition coefficient (Wildman–Crippen LogP) is 3.17. The molecule has 1 aliphatic rings. The number of hydrogen-bond acceptors (Lipinski definition) is 2. The lowest BCUT2D eigenvalue weighted by Crippen LogP contribution is -2.40. The Balaban J connectivity index is 1.81. The van der Waals surface area contributed by atoms with Crippen molar-refractivity contribution in [3.8, 4) is 0 Å². The van der Waals surface area contributed by atoms with E-state index in [4.69, 9.17) is 0 Å². The molecule has 0 saturated heterocycles. The Kier molecular flexibility index (Phi) is 4.79. The standard InChI is InChI=1S/C13H22N2S/c1-2-16-13-6-4-3-5-12(13)15-10-11-7-8-14-9-11/h7-9,12-15H,2-6,10H2,1H3. The minimum absolute atomic E-state index is 0.716. The van der Waals surface area contributed by atoms with Crippen LogP contribution in [0.15, 0.2) is 18.5 Å². The molecular formula is C13H22N2S. The smallest absolute Gasteiger partial charge is 0.0223 e. The van der Waals surface area contributed by atoms with Crippen LogP contribution in [0.3, 0.4) is 0 Å². The summed E-state index contributed by atoms with van der Waals surface area (Å²) in [6, 6.07) is 2.87. The van der Waals surface area contributed by atoms with E-state index in [0.29, 0.717) is 6.04 Å². The van der Waals surface area contributed by atoms with Gasteiger partial charge in [-0.15, -0.1) is 0 Å². The fourth-order valence-corrected chi connectivity index (χ4v) is 3.69. The Hall–Kier alpha value is -0.410. The van der Waals surface area contributed by atoms with Gasteiger partial charge in [-0.05, 0) is 30.2 Å². The number of aromatic nitrogens is 1. The zero-order chi connectivity index (χ0) is 11.2. The second-order valence-electron chi connectivity index (χ2n) is 4.48. The molecule has 90 valence electrons. The summed E-state index contributed by atoms with van der Waals surface area (Å²) in [7, 11) is 0. The van der Waals surface area contributed by atoms with E-state index in [9.17, 15) is 0 Å². The molecule has 2 N–H and O–H groups in total. The largest absolute Gasteiger partial charge is 0.367 e. The van der Waals surface area contributed by atoms with Crippen LogP contribution in [0.25, 0.3) is 0 Å². The van der Waals surface area contributed by atoms with Crippen LogP contribution >= 0.6 is 11.8 Å². The van der Waals surface area contributed by atoms with Crippen LogP contribution in [0.2, 0.25) is 0 Å². The summed E-state index contributed by atoms with van der Waals surface area (Å²) in [5, 5.41) is 4.55. The summed E-state index contributed by atoms with van der Waals surface area (Å²) >= 11 is 2.13. The highest BCUT2D eigenvalue weighted by Crippen LogP contribution is 2.28. The molecule has 1 fully saturated rings. The summed E-state index contributed by atoms with van der Waals surface area (Å²) < 4.78 is 0. The zero-order valence-electron chi connectivity index (χ0n) is 10.0. The lowest BCUT2D eigenvalue weighted by Gasteiger charge is -2.31. The van der Waals surface area contributed by atoms with Crippen molar-refractivity contribution >= 4 is 11.8 Å². The van der Waals surface area contributed by atoms with Crippen molar-refractivity contribution < 1.29 is 0 Å². The van der Waals surface area contributed by atoms with E-state index in [1.54, 1.807) is 0 Å². The third kappa shape index (κ3) is 3.29. The van der Waals surface area contributed by atoms with E-state index in [2.05, 4.69) is 41.2 Å². The molecule has 1 aliphatic carbocycles. The highest BCUT2D eigenvalue weighted by Gasteiger charge is 2.24. The Labute approximate surface area is 103 Å². The first-order chi connectivity index (χ1) is 7.90. The van der Waals surface area contributed by atoms with E-state index in [-0.39, 0.29) is 0 Å². The second kappa shape index (κ2) is 6.36. The molecule has 0 radical (unpaired) electrons. The van der Waals surface area contributed by atoms with Crippen molar-refractivity contribution in [1.82, 2.24) is 10.3 Å². The number of nitrogens with one attached hydrogen (secondary N) is 2. The molecule has 0 amide bonds. The first kappa shape index (κ1) is 12.1. The number of H-pyrrole nitrogens is 1. The van der Waals surface area contributed by atoms with Crippen molar-refractivity contribution in [2.75, 3.05) is 5.75 Å². The Bertz CT molecular complexity index is 282. The summed E-state index contributed by atoms with van der Waals surface area (Å²) in [6.07, 6.45) is 9.63. The van der Waals surface area contributed by atoms with E-state index < -0.39 is 0 Å². The minimum atomic E-state index is 0.716. The molecule has 3 heteroatoms. The molecule has 0 bridgehead atoms. The third-order valence-electron chi connectivity index (χ3n) is 3.31. The van der Waals surface area contributed by atoms with Gasteiger partial charge in [0.05, 0.1) is 0 Å². The monoisotopic (exact) mass is 238 g/mol. The lowest BCUT2D eigenvalue weighted by molar-refractivity contribution is 0.383. The average molecular weight is 238 g/mol. The summed E-state index contributed by atoms with van der Waals surface area (Å²) in [5.74, 6) is 1.24. The maximum absolute atomic E-state index is 3.72. The van der Waals surface area contributed by atoms with Gasteiger partial charge < -0.3 is 10.3 Å². The number of rotatable bonds is 5. The molecule has 16 heavy (non-hydrogen) atoms. The Morgan fingerprint density at radius 2 is 2.31 bits per heavy atom. The molecule has 0 aliphatic heterocycles. The van der Waals surface area contributed by atoms with Crippen LogP contribution in [0.1, 0.15) is 38.2 Å². The van der Waals surface area contributed by atoms with Gasteiger partial charge in [0.15, 0.2) is 0 Å². The SMILES string of the molecule is CCSC1CCCCC1NCc1cc[nH]c1. The molecule has 1 saturated carbocycles. The highest BCUT2D eigenvalue weighted by atomic mass is 32.2. The van der Waals surface area contributed by atoms with Crippen molar-refractivity contribution in [1.29, 1.82) is 0 Å². The molecule has 1 aromatic heterocycles. The van der Waals surface area contributed by atoms with Gasteiger partial charge in [0, 0.05) is 30.2 Å². The van der Waals surface area contributed by atoms with Gasteiger partial charge in [0.2, 0.25) is 0 Å². The molecule has 2 atom stereocenters. The van der Waals surface area contributed by atoms with Crippen molar-refractivity contribution in [3.05, 3.63) is 24.0 Å². The van der Waals surface area contributed by atoms with Gasteiger partial charge in [-0.1, -0.05) is 19.8 Å². The Morgan fingerprint density at radius 1 is 1.44 bits per heavy atom. The van der Waals surface area contributed by atoms with Gasteiger partial charge in [-0.25, -0.2) is 0 Å². The fraction of sp³-hybridized carbons (Fsp3) is 0.692. The quantitative estimate of drug-likeness (QED) is 0.824.